The molecule has 2 atom stereocenters. The maximum absolute atomic E-state index is 4.64. The van der Waals surface area contributed by atoms with Gasteiger partial charge in [-0.3, -0.25) is 0 Å². The lowest BCUT2D eigenvalue weighted by molar-refractivity contribution is 0.858. The molecule has 1 aliphatic carbocycles. The Morgan fingerprint density at radius 3 is 2.59 bits per heavy atom. The predicted molar refractivity (Wildman–Crippen MR) is 69.9 cm³/mol. The molecule has 0 radical (unpaired) electrons. The number of benzene rings is 1. The van der Waals surface area contributed by atoms with Crippen LogP contribution in [-0.2, 0) is 7.05 Å². The molecule has 1 heterocycles. The molecule has 0 N–H and O–H groups in total. The van der Waals surface area contributed by atoms with Gasteiger partial charge in [-0.05, 0) is 30.7 Å². The molecule has 1 aromatic carbocycles. The average molecular weight is 226 g/mol. The van der Waals surface area contributed by atoms with Gasteiger partial charge in [-0.2, -0.15) is 0 Å². The summed E-state index contributed by atoms with van der Waals surface area (Å²) in [6.07, 6.45) is 3.45. The Morgan fingerprint density at radius 2 is 2.00 bits per heavy atom. The molecule has 1 aliphatic rings. The van der Waals surface area contributed by atoms with E-state index in [1.165, 1.54) is 17.5 Å². The van der Waals surface area contributed by atoms with Crippen molar-refractivity contribution < 1.29 is 0 Å². The van der Waals surface area contributed by atoms with Crippen LogP contribution in [-0.4, -0.2) is 9.55 Å². The Bertz CT molecular complexity index is 534. The van der Waals surface area contributed by atoms with Crippen molar-refractivity contribution >= 4 is 0 Å². The van der Waals surface area contributed by atoms with Gasteiger partial charge in [0, 0.05) is 18.8 Å². The molecule has 3 rings (SSSR count). The smallest absolute Gasteiger partial charge is 0.105 e. The van der Waals surface area contributed by atoms with E-state index in [0.717, 1.165) is 23.4 Å². The molecule has 1 aromatic heterocycles. The van der Waals surface area contributed by atoms with Gasteiger partial charge in [-0.25, -0.2) is 4.98 Å². The molecular weight excluding hydrogens is 208 g/mol. The third kappa shape index (κ3) is 1.78. The molecule has 1 saturated carbocycles. The van der Waals surface area contributed by atoms with Crippen LogP contribution in [0.3, 0.4) is 0 Å². The summed E-state index contributed by atoms with van der Waals surface area (Å²) in [4.78, 5) is 4.64. The van der Waals surface area contributed by atoms with Gasteiger partial charge in [0.2, 0.25) is 0 Å². The minimum Gasteiger partial charge on any atom is -0.338 e. The van der Waals surface area contributed by atoms with Crippen molar-refractivity contribution in [2.24, 2.45) is 13.0 Å². The van der Waals surface area contributed by atoms with Crippen molar-refractivity contribution in [3.05, 3.63) is 41.9 Å². The highest BCUT2D eigenvalue weighted by molar-refractivity contribution is 5.65. The first kappa shape index (κ1) is 10.6. The largest absolute Gasteiger partial charge is 0.338 e. The van der Waals surface area contributed by atoms with Crippen LogP contribution in [0.1, 0.15) is 30.7 Å². The summed E-state index contributed by atoms with van der Waals surface area (Å²) in [6.45, 7) is 4.37. The molecule has 0 saturated heterocycles. The minimum atomic E-state index is 0.744. The third-order valence-corrected chi connectivity index (χ3v) is 3.85. The summed E-state index contributed by atoms with van der Waals surface area (Å²) in [5, 5.41) is 0. The van der Waals surface area contributed by atoms with E-state index in [4.69, 9.17) is 0 Å². The fourth-order valence-corrected chi connectivity index (χ4v) is 2.50. The van der Waals surface area contributed by atoms with Crippen molar-refractivity contribution in [2.45, 2.75) is 26.2 Å². The van der Waals surface area contributed by atoms with Crippen LogP contribution in [0.5, 0.6) is 0 Å². The van der Waals surface area contributed by atoms with Crippen molar-refractivity contribution in [3.63, 3.8) is 0 Å². The lowest BCUT2D eigenvalue weighted by Gasteiger charge is -2.05. The zero-order chi connectivity index (χ0) is 12.0. The van der Waals surface area contributed by atoms with E-state index < -0.39 is 0 Å². The molecule has 2 nitrogen and oxygen atoms in total. The molecule has 1 fully saturated rings. The molecule has 0 aliphatic heterocycles. The normalized spacial score (nSPS) is 22.8. The van der Waals surface area contributed by atoms with E-state index in [0.29, 0.717) is 0 Å². The number of rotatable bonds is 2. The monoisotopic (exact) mass is 226 g/mol. The molecule has 17 heavy (non-hydrogen) atoms. The molecule has 2 aromatic rings. The van der Waals surface area contributed by atoms with Gasteiger partial charge in [-0.15, -0.1) is 0 Å². The lowest BCUT2D eigenvalue weighted by atomic mass is 10.0. The summed E-state index contributed by atoms with van der Waals surface area (Å²) >= 11 is 0. The number of imidazole rings is 1. The van der Waals surface area contributed by atoms with Gasteiger partial charge in [0.05, 0.1) is 5.69 Å². The van der Waals surface area contributed by atoms with Crippen LogP contribution in [0.2, 0.25) is 0 Å². The van der Waals surface area contributed by atoms with Crippen molar-refractivity contribution in [2.75, 3.05) is 0 Å². The fourth-order valence-electron chi connectivity index (χ4n) is 2.50. The second-order valence-electron chi connectivity index (χ2n) is 5.19. The lowest BCUT2D eigenvalue weighted by Crippen LogP contribution is -1.88. The van der Waals surface area contributed by atoms with E-state index >= 15 is 0 Å². The molecule has 0 spiro atoms. The third-order valence-electron chi connectivity index (χ3n) is 3.85. The SMILES string of the molecule is Cc1nc(-c2ccccc2C2CC2C)cn1C. The van der Waals surface area contributed by atoms with Gasteiger partial charge in [0.1, 0.15) is 5.82 Å². The predicted octanol–water partition coefficient (Wildman–Crippen LogP) is 3.52. The van der Waals surface area contributed by atoms with Crippen LogP contribution in [0.4, 0.5) is 0 Å². The molecule has 0 amide bonds. The van der Waals surface area contributed by atoms with Crippen LogP contribution in [0, 0.1) is 12.8 Å². The van der Waals surface area contributed by atoms with E-state index in [2.05, 4.69) is 46.9 Å². The first-order valence-electron chi connectivity index (χ1n) is 6.26. The number of hydrogen-bond donors (Lipinski definition) is 0. The van der Waals surface area contributed by atoms with Gasteiger partial charge < -0.3 is 4.57 Å². The summed E-state index contributed by atoms with van der Waals surface area (Å²) < 4.78 is 2.09. The summed E-state index contributed by atoms with van der Waals surface area (Å²) in [6, 6.07) is 8.70. The van der Waals surface area contributed by atoms with E-state index in [1.807, 2.05) is 14.0 Å². The zero-order valence-corrected chi connectivity index (χ0v) is 10.6. The van der Waals surface area contributed by atoms with Crippen molar-refractivity contribution in [3.8, 4) is 11.3 Å². The van der Waals surface area contributed by atoms with Crippen molar-refractivity contribution in [1.29, 1.82) is 0 Å². The van der Waals surface area contributed by atoms with E-state index in [1.54, 1.807) is 0 Å². The van der Waals surface area contributed by atoms with Crippen molar-refractivity contribution in [1.82, 2.24) is 9.55 Å². The quantitative estimate of drug-likeness (QED) is 0.766. The number of nitrogens with zero attached hydrogens (tertiary/aromatic N) is 2. The molecular formula is C15H18N2. The zero-order valence-electron chi connectivity index (χ0n) is 10.6. The van der Waals surface area contributed by atoms with Gasteiger partial charge in [0.15, 0.2) is 0 Å². The Balaban J connectivity index is 2.08. The van der Waals surface area contributed by atoms with Gasteiger partial charge in [0.25, 0.3) is 0 Å². The molecule has 2 unspecified atom stereocenters. The summed E-state index contributed by atoms with van der Waals surface area (Å²) in [5.41, 5.74) is 3.89. The Kier molecular flexibility index (Phi) is 2.32. The Hall–Kier alpha value is -1.57. The first-order valence-corrected chi connectivity index (χ1v) is 6.26. The molecule has 0 bridgehead atoms. The topological polar surface area (TPSA) is 17.8 Å². The van der Waals surface area contributed by atoms with Crippen LogP contribution < -0.4 is 0 Å². The summed E-state index contributed by atoms with van der Waals surface area (Å²) in [5.74, 6) is 2.65. The number of aryl methyl sites for hydroxylation is 2. The Morgan fingerprint density at radius 1 is 1.29 bits per heavy atom. The maximum atomic E-state index is 4.64. The number of aromatic nitrogens is 2. The number of hydrogen-bond acceptors (Lipinski definition) is 1. The van der Waals surface area contributed by atoms with E-state index in [9.17, 15) is 0 Å². The van der Waals surface area contributed by atoms with E-state index in [-0.39, 0.29) is 0 Å². The minimum absolute atomic E-state index is 0.744. The van der Waals surface area contributed by atoms with Gasteiger partial charge in [-0.1, -0.05) is 31.2 Å². The maximum Gasteiger partial charge on any atom is 0.105 e. The average Bonchev–Trinajstić information content (AvgIpc) is 2.95. The summed E-state index contributed by atoms with van der Waals surface area (Å²) in [7, 11) is 2.05. The standard InChI is InChI=1S/C15H18N2/c1-10-8-14(10)12-6-4-5-7-13(12)15-9-17(3)11(2)16-15/h4-7,9-10,14H,8H2,1-3H3. The van der Waals surface area contributed by atoms with Crippen LogP contribution in [0.25, 0.3) is 11.3 Å². The highest BCUT2D eigenvalue weighted by Crippen LogP contribution is 2.49. The second kappa shape index (κ2) is 3.73. The van der Waals surface area contributed by atoms with Gasteiger partial charge >= 0.3 is 0 Å². The fraction of sp³-hybridized carbons (Fsp3) is 0.400. The highest BCUT2D eigenvalue weighted by Gasteiger charge is 2.35. The second-order valence-corrected chi connectivity index (χ2v) is 5.19. The Labute approximate surface area is 102 Å². The highest BCUT2D eigenvalue weighted by atomic mass is 15.0. The molecule has 88 valence electrons. The molecule has 2 heteroatoms. The van der Waals surface area contributed by atoms with Crippen LogP contribution in [0.15, 0.2) is 30.5 Å². The van der Waals surface area contributed by atoms with Crippen LogP contribution >= 0.6 is 0 Å². The first-order chi connectivity index (χ1) is 8.16.